The molecule has 10 nitrogen and oxygen atoms in total. The highest BCUT2D eigenvalue weighted by molar-refractivity contribution is 6.32. The van der Waals surface area contributed by atoms with Gasteiger partial charge in [0, 0.05) is 26.3 Å². The van der Waals surface area contributed by atoms with Crippen molar-refractivity contribution in [3.05, 3.63) is 40.4 Å². The van der Waals surface area contributed by atoms with Crippen LogP contribution >= 0.6 is 11.6 Å². The van der Waals surface area contributed by atoms with Crippen molar-refractivity contribution in [2.75, 3.05) is 13.7 Å². The van der Waals surface area contributed by atoms with E-state index in [0.717, 1.165) is 33.1 Å². The van der Waals surface area contributed by atoms with Crippen LogP contribution in [0, 0.1) is 11.7 Å². The Morgan fingerprint density at radius 3 is 2.20 bits per heavy atom. The first-order chi connectivity index (χ1) is 16.4. The Kier molecular flexibility index (Phi) is 10.0. The maximum absolute atomic E-state index is 14.3. The van der Waals surface area contributed by atoms with E-state index in [0.29, 0.717) is 0 Å². The van der Waals surface area contributed by atoms with E-state index in [1.807, 2.05) is 0 Å². The molecule has 0 amide bonds. The maximum Gasteiger partial charge on any atom is 0.373 e. The maximum atomic E-state index is 14.3. The molecule has 1 aliphatic rings. The van der Waals surface area contributed by atoms with Gasteiger partial charge >= 0.3 is 23.9 Å². The van der Waals surface area contributed by atoms with Gasteiger partial charge < -0.3 is 28.4 Å². The van der Waals surface area contributed by atoms with Crippen LogP contribution in [-0.4, -0.2) is 62.2 Å². The summed E-state index contributed by atoms with van der Waals surface area (Å²) in [5, 5.41) is 0.00746. The predicted octanol–water partition coefficient (Wildman–Crippen LogP) is 2.80. The molecule has 0 radical (unpaired) electrons. The summed E-state index contributed by atoms with van der Waals surface area (Å²) in [6.07, 6.45) is -3.66. The zero-order valence-electron chi connectivity index (χ0n) is 19.7. The van der Waals surface area contributed by atoms with Crippen molar-refractivity contribution in [1.82, 2.24) is 0 Å². The molecule has 2 rings (SSSR count). The summed E-state index contributed by atoms with van der Waals surface area (Å²) in [6.45, 7) is 4.65. The predicted molar refractivity (Wildman–Crippen MR) is 118 cm³/mol. The third-order valence-corrected chi connectivity index (χ3v) is 5.24. The van der Waals surface area contributed by atoms with E-state index >= 15 is 0 Å². The molecule has 12 heteroatoms. The van der Waals surface area contributed by atoms with Crippen molar-refractivity contribution in [2.24, 2.45) is 5.92 Å². The molecular weight excluding hydrogens is 491 g/mol. The third-order valence-electron chi connectivity index (χ3n) is 4.91. The van der Waals surface area contributed by atoms with Crippen molar-refractivity contribution in [3.63, 3.8) is 0 Å². The standard InChI is InChI=1S/C23H26ClFO10/c1-11-20(32-13(3)27)21(33-14(4)28)19(10-31-12(2)26)35-23(11)34-18(22(29)30-5)9-15-16(24)7-6-8-17(15)25/h6-9,11,19-21,23H,10H2,1-5H3/b18-9-/t11-,19-,20-,21-,23-/m0/s1. The van der Waals surface area contributed by atoms with Crippen LogP contribution < -0.4 is 0 Å². The lowest BCUT2D eigenvalue weighted by Crippen LogP contribution is -2.58. The van der Waals surface area contributed by atoms with Crippen molar-refractivity contribution in [3.8, 4) is 0 Å². The Bertz CT molecular complexity index is 974. The molecule has 1 saturated heterocycles. The minimum absolute atomic E-state index is 0.00746. The van der Waals surface area contributed by atoms with Gasteiger partial charge in [0.15, 0.2) is 6.10 Å². The fourth-order valence-corrected chi connectivity index (χ4v) is 3.57. The highest BCUT2D eigenvalue weighted by atomic mass is 35.5. The molecule has 0 spiro atoms. The van der Waals surface area contributed by atoms with Gasteiger partial charge in [0.1, 0.15) is 24.6 Å². The highest BCUT2D eigenvalue weighted by Crippen LogP contribution is 2.33. The van der Waals surface area contributed by atoms with Gasteiger partial charge in [-0.05, 0) is 18.2 Å². The lowest BCUT2D eigenvalue weighted by atomic mass is 9.91. The first-order valence-corrected chi connectivity index (χ1v) is 10.9. The first kappa shape index (κ1) is 28.1. The van der Waals surface area contributed by atoms with Gasteiger partial charge in [-0.2, -0.15) is 0 Å². The molecule has 0 aromatic heterocycles. The number of ether oxygens (including phenoxy) is 6. The van der Waals surface area contributed by atoms with Crippen molar-refractivity contribution >= 4 is 41.6 Å². The summed E-state index contributed by atoms with van der Waals surface area (Å²) in [5.41, 5.74) is -0.135. The Morgan fingerprint density at radius 2 is 1.66 bits per heavy atom. The fraction of sp³-hybridized carbons (Fsp3) is 0.478. The second kappa shape index (κ2) is 12.5. The number of carbonyl (C=O) groups excluding carboxylic acids is 4. The number of benzene rings is 1. The number of rotatable bonds is 8. The average Bonchev–Trinajstić information content (AvgIpc) is 2.77. The number of methoxy groups -OCH3 is 1. The molecule has 192 valence electrons. The smallest absolute Gasteiger partial charge is 0.373 e. The molecule has 1 aromatic carbocycles. The third kappa shape index (κ3) is 7.66. The average molecular weight is 517 g/mol. The lowest BCUT2D eigenvalue weighted by molar-refractivity contribution is -0.279. The van der Waals surface area contributed by atoms with Gasteiger partial charge in [-0.3, -0.25) is 14.4 Å². The fourth-order valence-electron chi connectivity index (χ4n) is 3.36. The number of halogens is 2. The highest BCUT2D eigenvalue weighted by Gasteiger charge is 2.49. The van der Waals surface area contributed by atoms with Crippen LogP contribution in [0.25, 0.3) is 6.08 Å². The minimum atomic E-state index is -1.30. The molecule has 1 aromatic rings. The van der Waals surface area contributed by atoms with E-state index in [4.69, 9.17) is 40.0 Å². The Labute approximate surface area is 206 Å². The summed E-state index contributed by atoms with van der Waals surface area (Å²) in [4.78, 5) is 47.3. The van der Waals surface area contributed by atoms with Gasteiger partial charge in [0.25, 0.3) is 0 Å². The van der Waals surface area contributed by atoms with Crippen molar-refractivity contribution < 1.29 is 52.0 Å². The van der Waals surface area contributed by atoms with Gasteiger partial charge in [-0.1, -0.05) is 24.6 Å². The topological polar surface area (TPSA) is 124 Å². The molecule has 1 heterocycles. The molecule has 1 fully saturated rings. The normalized spacial score (nSPS) is 24.2. The number of esters is 4. The molecule has 5 atom stereocenters. The molecule has 1 aliphatic heterocycles. The summed E-state index contributed by atoms with van der Waals surface area (Å²) in [7, 11) is 1.09. The van der Waals surface area contributed by atoms with Crippen LogP contribution in [0.2, 0.25) is 5.02 Å². The molecule has 0 N–H and O–H groups in total. The van der Waals surface area contributed by atoms with Crippen molar-refractivity contribution in [1.29, 1.82) is 0 Å². The largest absolute Gasteiger partial charge is 0.463 e. The number of carbonyl (C=O) groups is 4. The van der Waals surface area contributed by atoms with Crippen LogP contribution in [0.5, 0.6) is 0 Å². The zero-order valence-corrected chi connectivity index (χ0v) is 20.5. The van der Waals surface area contributed by atoms with Crippen molar-refractivity contribution in [2.45, 2.75) is 52.3 Å². The summed E-state index contributed by atoms with van der Waals surface area (Å²) < 4.78 is 46.3. The van der Waals surface area contributed by atoms with Gasteiger partial charge in [0.05, 0.1) is 18.1 Å². The van der Waals surface area contributed by atoms with E-state index in [1.165, 1.54) is 19.1 Å². The zero-order chi connectivity index (χ0) is 26.3. The van der Waals surface area contributed by atoms with E-state index < -0.39 is 66.0 Å². The summed E-state index contributed by atoms with van der Waals surface area (Å²) in [5.74, 6) is -4.99. The molecular formula is C23H26ClFO10. The van der Waals surface area contributed by atoms with E-state index in [1.54, 1.807) is 6.92 Å². The van der Waals surface area contributed by atoms with Crippen LogP contribution in [0.4, 0.5) is 4.39 Å². The first-order valence-electron chi connectivity index (χ1n) is 10.5. The van der Waals surface area contributed by atoms with Gasteiger partial charge in [-0.15, -0.1) is 0 Å². The Hall–Kier alpha value is -3.18. The van der Waals surface area contributed by atoms with E-state index in [9.17, 15) is 23.6 Å². The number of hydrogen-bond acceptors (Lipinski definition) is 10. The van der Waals surface area contributed by atoms with Crippen LogP contribution in [0.3, 0.4) is 0 Å². The molecule has 0 aliphatic carbocycles. The monoisotopic (exact) mass is 516 g/mol. The Morgan fingerprint density at radius 1 is 1.03 bits per heavy atom. The van der Waals surface area contributed by atoms with Gasteiger partial charge in [-0.25, -0.2) is 9.18 Å². The summed E-state index contributed by atoms with van der Waals surface area (Å²) >= 11 is 6.06. The molecule has 35 heavy (non-hydrogen) atoms. The number of hydrogen-bond donors (Lipinski definition) is 0. The van der Waals surface area contributed by atoms with E-state index in [2.05, 4.69) is 0 Å². The molecule has 0 bridgehead atoms. The van der Waals surface area contributed by atoms with Crippen LogP contribution in [-0.2, 0) is 47.6 Å². The SMILES string of the molecule is COC(=O)/C(=C/c1c(F)cccc1Cl)O[C@H]1O[C@@H](COC(C)=O)[C@H](OC(C)=O)[C@@H](OC(C)=O)[C@@H]1C. The molecule has 0 saturated carbocycles. The lowest BCUT2D eigenvalue weighted by Gasteiger charge is -2.43. The van der Waals surface area contributed by atoms with Crippen LogP contribution in [0.15, 0.2) is 24.0 Å². The minimum Gasteiger partial charge on any atom is -0.463 e. The quantitative estimate of drug-likeness (QED) is 0.220. The second-order valence-corrected chi connectivity index (χ2v) is 8.01. The Balaban J connectivity index is 2.47. The summed E-state index contributed by atoms with van der Waals surface area (Å²) in [6, 6.07) is 3.95. The van der Waals surface area contributed by atoms with E-state index in [-0.39, 0.29) is 17.2 Å². The molecule has 0 unspecified atom stereocenters. The van der Waals surface area contributed by atoms with Crippen LogP contribution in [0.1, 0.15) is 33.3 Å². The second-order valence-electron chi connectivity index (χ2n) is 7.61. The van der Waals surface area contributed by atoms with Gasteiger partial charge in [0.2, 0.25) is 12.0 Å².